The number of rotatable bonds is 8. The fourth-order valence-electron chi connectivity index (χ4n) is 2.32. The second-order valence-electron chi connectivity index (χ2n) is 6.42. The topological polar surface area (TPSA) is 46.2 Å². The monoisotopic (exact) mass is 325 g/mol. The van der Waals surface area contributed by atoms with Gasteiger partial charge in [0.25, 0.3) is 0 Å². The van der Waals surface area contributed by atoms with E-state index >= 15 is 0 Å². The number of allylic oxidation sites excluding steroid dienone is 4. The second kappa shape index (κ2) is 11.7. The molecule has 0 aliphatic rings. The predicted molar refractivity (Wildman–Crippen MR) is 104 cm³/mol. The van der Waals surface area contributed by atoms with Gasteiger partial charge in [0, 0.05) is 6.42 Å². The Balaban J connectivity index is 2.33. The Hall–Kier alpha value is -1.82. The predicted octanol–water partition coefficient (Wildman–Crippen LogP) is 4.17. The summed E-state index contributed by atoms with van der Waals surface area (Å²) in [6.07, 6.45) is 9.21. The standard InChI is InChI=1S/C22H31NO/c1-18(8-4-6-10-20(3)22(24)16-17-23)9-5-7-11-21-14-12-19(2)13-15-21/h4,6,8,12-15,20,22,24H,7,10-11,16-17,23H2,1-3H3. The van der Waals surface area contributed by atoms with Gasteiger partial charge < -0.3 is 10.8 Å². The maximum absolute atomic E-state index is 9.83. The molecule has 2 unspecified atom stereocenters. The van der Waals surface area contributed by atoms with E-state index in [2.05, 4.69) is 49.1 Å². The molecule has 0 saturated heterocycles. The van der Waals surface area contributed by atoms with Crippen molar-refractivity contribution in [1.82, 2.24) is 0 Å². The first-order valence-electron chi connectivity index (χ1n) is 8.79. The number of aliphatic hydroxyl groups is 1. The summed E-state index contributed by atoms with van der Waals surface area (Å²) in [7, 11) is 0. The van der Waals surface area contributed by atoms with Crippen LogP contribution in [0.25, 0.3) is 0 Å². The van der Waals surface area contributed by atoms with Crippen LogP contribution in [0.15, 0.2) is 48.1 Å². The molecule has 3 N–H and O–H groups in total. The molecule has 2 heteroatoms. The third kappa shape index (κ3) is 8.72. The molecule has 0 fully saturated rings. The van der Waals surface area contributed by atoms with Gasteiger partial charge in [-0.3, -0.25) is 0 Å². The van der Waals surface area contributed by atoms with E-state index in [-0.39, 0.29) is 12.0 Å². The van der Waals surface area contributed by atoms with Crippen LogP contribution in [0.2, 0.25) is 0 Å². The highest BCUT2D eigenvalue weighted by Gasteiger charge is 2.10. The molecule has 24 heavy (non-hydrogen) atoms. The highest BCUT2D eigenvalue weighted by atomic mass is 16.3. The average molecular weight is 325 g/mol. The zero-order chi connectivity index (χ0) is 17.8. The first kappa shape index (κ1) is 20.2. The summed E-state index contributed by atoms with van der Waals surface area (Å²) in [5.74, 6) is 6.65. The van der Waals surface area contributed by atoms with Crippen molar-refractivity contribution in [3.05, 3.63) is 59.2 Å². The van der Waals surface area contributed by atoms with E-state index in [1.807, 2.05) is 26.0 Å². The number of aliphatic hydroxyl groups excluding tert-OH is 1. The van der Waals surface area contributed by atoms with Crippen LogP contribution in [-0.2, 0) is 6.42 Å². The van der Waals surface area contributed by atoms with Gasteiger partial charge >= 0.3 is 0 Å². The molecule has 0 radical (unpaired) electrons. The molecule has 0 bridgehead atoms. The smallest absolute Gasteiger partial charge is 0.0580 e. The molecular formula is C22H31NO. The Morgan fingerprint density at radius 3 is 2.67 bits per heavy atom. The highest BCUT2D eigenvalue weighted by Crippen LogP contribution is 2.11. The van der Waals surface area contributed by atoms with Crippen molar-refractivity contribution in [2.75, 3.05) is 6.54 Å². The molecule has 0 aliphatic heterocycles. The molecule has 0 aliphatic carbocycles. The molecule has 1 aromatic carbocycles. The number of aryl methyl sites for hydroxylation is 2. The van der Waals surface area contributed by atoms with Crippen LogP contribution < -0.4 is 5.73 Å². The van der Waals surface area contributed by atoms with E-state index in [0.717, 1.165) is 24.8 Å². The molecule has 0 aromatic heterocycles. The largest absolute Gasteiger partial charge is 0.393 e. The van der Waals surface area contributed by atoms with Crippen LogP contribution in [0.1, 0.15) is 44.2 Å². The first-order chi connectivity index (χ1) is 11.5. The van der Waals surface area contributed by atoms with Crippen molar-refractivity contribution in [1.29, 1.82) is 0 Å². The minimum atomic E-state index is -0.314. The van der Waals surface area contributed by atoms with Crippen LogP contribution in [-0.4, -0.2) is 17.8 Å². The minimum Gasteiger partial charge on any atom is -0.393 e. The summed E-state index contributed by atoms with van der Waals surface area (Å²) in [6.45, 7) is 6.71. The van der Waals surface area contributed by atoms with E-state index in [0.29, 0.717) is 13.0 Å². The van der Waals surface area contributed by atoms with Crippen LogP contribution in [0, 0.1) is 24.7 Å². The lowest BCUT2D eigenvalue weighted by Crippen LogP contribution is -2.20. The molecule has 2 nitrogen and oxygen atoms in total. The fourth-order valence-corrected chi connectivity index (χ4v) is 2.32. The van der Waals surface area contributed by atoms with E-state index in [1.54, 1.807) is 0 Å². The van der Waals surface area contributed by atoms with Gasteiger partial charge in [0.05, 0.1) is 6.10 Å². The molecule has 0 saturated carbocycles. The van der Waals surface area contributed by atoms with Gasteiger partial charge in [-0.15, -0.1) is 0 Å². The fraction of sp³-hybridized carbons (Fsp3) is 0.455. The summed E-state index contributed by atoms with van der Waals surface area (Å²) < 4.78 is 0. The Morgan fingerprint density at radius 2 is 2.00 bits per heavy atom. The lowest BCUT2D eigenvalue weighted by Gasteiger charge is -2.15. The van der Waals surface area contributed by atoms with E-state index in [4.69, 9.17) is 5.73 Å². The normalized spacial score (nSPS) is 14.3. The van der Waals surface area contributed by atoms with Gasteiger partial charge in [0.15, 0.2) is 0 Å². The number of hydrogen-bond acceptors (Lipinski definition) is 2. The third-order valence-corrected chi connectivity index (χ3v) is 4.05. The van der Waals surface area contributed by atoms with E-state index in [9.17, 15) is 5.11 Å². The quantitative estimate of drug-likeness (QED) is 0.556. The average Bonchev–Trinajstić information content (AvgIpc) is 2.57. The molecule has 0 amide bonds. The number of nitrogens with two attached hydrogens (primary N) is 1. The maximum atomic E-state index is 9.83. The second-order valence-corrected chi connectivity index (χ2v) is 6.42. The van der Waals surface area contributed by atoms with Crippen molar-refractivity contribution >= 4 is 0 Å². The van der Waals surface area contributed by atoms with Gasteiger partial charge in [-0.25, -0.2) is 0 Å². The third-order valence-electron chi connectivity index (χ3n) is 4.05. The zero-order valence-corrected chi connectivity index (χ0v) is 15.3. The van der Waals surface area contributed by atoms with Crippen LogP contribution in [0.4, 0.5) is 0 Å². The van der Waals surface area contributed by atoms with Crippen LogP contribution in [0.5, 0.6) is 0 Å². The minimum absolute atomic E-state index is 0.235. The van der Waals surface area contributed by atoms with Crippen LogP contribution >= 0.6 is 0 Å². The Bertz CT molecular complexity index is 587. The Kier molecular flexibility index (Phi) is 9.84. The summed E-state index contributed by atoms with van der Waals surface area (Å²) >= 11 is 0. The number of hydrogen-bond donors (Lipinski definition) is 2. The SMILES string of the molecule is CC(C#CCCc1ccc(C)cc1)=CC=CCC(C)C(O)CCN. The Labute approximate surface area is 147 Å². The van der Waals surface area contributed by atoms with Crippen LogP contribution in [0.3, 0.4) is 0 Å². The number of benzene rings is 1. The molecular weight excluding hydrogens is 294 g/mol. The van der Waals surface area contributed by atoms with Gasteiger partial charge in [0.1, 0.15) is 0 Å². The lowest BCUT2D eigenvalue weighted by atomic mass is 9.98. The molecule has 1 rings (SSSR count). The molecule has 0 heterocycles. The Morgan fingerprint density at radius 1 is 1.29 bits per heavy atom. The van der Waals surface area contributed by atoms with Crippen molar-refractivity contribution < 1.29 is 5.11 Å². The lowest BCUT2D eigenvalue weighted by molar-refractivity contribution is 0.111. The first-order valence-corrected chi connectivity index (χ1v) is 8.79. The zero-order valence-electron chi connectivity index (χ0n) is 15.3. The molecule has 2 atom stereocenters. The van der Waals surface area contributed by atoms with E-state index in [1.165, 1.54) is 11.1 Å². The van der Waals surface area contributed by atoms with Gasteiger partial charge in [-0.05, 0) is 56.7 Å². The summed E-state index contributed by atoms with van der Waals surface area (Å²) in [5, 5.41) is 9.83. The van der Waals surface area contributed by atoms with Crippen molar-refractivity contribution in [2.24, 2.45) is 11.7 Å². The summed E-state index contributed by atoms with van der Waals surface area (Å²) in [5.41, 5.74) is 9.15. The summed E-state index contributed by atoms with van der Waals surface area (Å²) in [4.78, 5) is 0. The van der Waals surface area contributed by atoms with Crippen molar-refractivity contribution in [3.63, 3.8) is 0 Å². The van der Waals surface area contributed by atoms with Gasteiger partial charge in [-0.2, -0.15) is 0 Å². The van der Waals surface area contributed by atoms with Gasteiger partial charge in [-0.1, -0.05) is 66.8 Å². The molecule has 1 aromatic rings. The van der Waals surface area contributed by atoms with E-state index < -0.39 is 0 Å². The van der Waals surface area contributed by atoms with Crippen molar-refractivity contribution in [2.45, 2.75) is 52.6 Å². The highest BCUT2D eigenvalue weighted by molar-refractivity contribution is 5.30. The van der Waals surface area contributed by atoms with Gasteiger partial charge in [0.2, 0.25) is 0 Å². The molecule has 0 spiro atoms. The summed E-state index contributed by atoms with van der Waals surface area (Å²) in [6, 6.07) is 8.62. The molecule has 130 valence electrons. The van der Waals surface area contributed by atoms with Crippen molar-refractivity contribution in [3.8, 4) is 11.8 Å². The maximum Gasteiger partial charge on any atom is 0.0580 e.